The van der Waals surface area contributed by atoms with E-state index in [1.54, 1.807) is 0 Å². The standard InChI is InChI=1S/C18H24N4/c1-14-8-12-22(13-9-14)18-19-16-7-3-2-6-15(16)17(20-18)21-10-4-5-11-21/h2-3,6-7,14H,4-5,8-13H2,1H3. The predicted octanol–water partition coefficient (Wildman–Crippen LogP) is 3.47. The highest BCUT2D eigenvalue weighted by Gasteiger charge is 2.22. The zero-order chi connectivity index (χ0) is 14.9. The van der Waals surface area contributed by atoms with Gasteiger partial charge in [-0.3, -0.25) is 0 Å². The van der Waals surface area contributed by atoms with Crippen LogP contribution in [0, 0.1) is 5.92 Å². The SMILES string of the molecule is CC1CCN(c2nc(N3CCCC3)c3ccccc3n2)CC1. The van der Waals surface area contributed by atoms with Gasteiger partial charge in [-0.05, 0) is 43.7 Å². The van der Waals surface area contributed by atoms with Crippen molar-refractivity contribution >= 4 is 22.7 Å². The molecule has 0 saturated carbocycles. The minimum Gasteiger partial charge on any atom is -0.356 e. The molecule has 4 nitrogen and oxygen atoms in total. The molecule has 2 saturated heterocycles. The molecule has 1 aromatic heterocycles. The summed E-state index contributed by atoms with van der Waals surface area (Å²) in [6, 6.07) is 8.44. The van der Waals surface area contributed by atoms with Gasteiger partial charge >= 0.3 is 0 Å². The molecule has 0 atom stereocenters. The summed E-state index contributed by atoms with van der Waals surface area (Å²) in [4.78, 5) is 14.6. The van der Waals surface area contributed by atoms with Crippen LogP contribution in [-0.2, 0) is 0 Å². The highest BCUT2D eigenvalue weighted by Crippen LogP contribution is 2.30. The highest BCUT2D eigenvalue weighted by atomic mass is 15.3. The molecule has 1 aromatic carbocycles. The summed E-state index contributed by atoms with van der Waals surface area (Å²) in [7, 11) is 0. The molecule has 0 spiro atoms. The van der Waals surface area contributed by atoms with Gasteiger partial charge in [0.05, 0.1) is 5.52 Å². The van der Waals surface area contributed by atoms with Gasteiger partial charge in [0.1, 0.15) is 5.82 Å². The van der Waals surface area contributed by atoms with Gasteiger partial charge < -0.3 is 9.80 Å². The van der Waals surface area contributed by atoms with Crippen LogP contribution in [-0.4, -0.2) is 36.1 Å². The van der Waals surface area contributed by atoms with Gasteiger partial charge in [-0.25, -0.2) is 4.98 Å². The molecule has 0 aliphatic carbocycles. The summed E-state index contributed by atoms with van der Waals surface area (Å²) in [5, 5.41) is 1.19. The highest BCUT2D eigenvalue weighted by molar-refractivity contribution is 5.90. The minimum atomic E-state index is 0.828. The van der Waals surface area contributed by atoms with Crippen LogP contribution in [0.2, 0.25) is 0 Å². The first-order valence-corrected chi connectivity index (χ1v) is 8.58. The van der Waals surface area contributed by atoms with Crippen molar-refractivity contribution < 1.29 is 0 Å². The first kappa shape index (κ1) is 13.8. The van der Waals surface area contributed by atoms with E-state index in [9.17, 15) is 0 Å². The van der Waals surface area contributed by atoms with Crippen LogP contribution in [0.1, 0.15) is 32.6 Å². The molecule has 2 aromatic rings. The third-order valence-electron chi connectivity index (χ3n) is 5.04. The number of fused-ring (bicyclic) bond motifs is 1. The molecule has 0 unspecified atom stereocenters. The number of aromatic nitrogens is 2. The van der Waals surface area contributed by atoms with Crippen molar-refractivity contribution in [3.63, 3.8) is 0 Å². The van der Waals surface area contributed by atoms with E-state index in [1.165, 1.54) is 31.1 Å². The average Bonchev–Trinajstić information content (AvgIpc) is 3.09. The summed E-state index contributed by atoms with van der Waals surface area (Å²) < 4.78 is 0. The zero-order valence-corrected chi connectivity index (χ0v) is 13.3. The van der Waals surface area contributed by atoms with E-state index in [-0.39, 0.29) is 0 Å². The molecular weight excluding hydrogens is 272 g/mol. The van der Waals surface area contributed by atoms with Crippen molar-refractivity contribution in [2.75, 3.05) is 36.0 Å². The second-order valence-corrected chi connectivity index (χ2v) is 6.73. The second-order valence-electron chi connectivity index (χ2n) is 6.73. The van der Waals surface area contributed by atoms with E-state index in [4.69, 9.17) is 9.97 Å². The Morgan fingerprint density at radius 1 is 0.909 bits per heavy atom. The molecule has 4 heteroatoms. The van der Waals surface area contributed by atoms with E-state index in [0.29, 0.717) is 0 Å². The lowest BCUT2D eigenvalue weighted by molar-refractivity contribution is 0.434. The summed E-state index contributed by atoms with van der Waals surface area (Å²) in [5.41, 5.74) is 1.08. The molecular formula is C18H24N4. The number of nitrogens with zero attached hydrogens (tertiary/aromatic N) is 4. The Bertz CT molecular complexity index is 655. The smallest absolute Gasteiger partial charge is 0.227 e. The van der Waals surface area contributed by atoms with Gasteiger partial charge in [0.15, 0.2) is 0 Å². The van der Waals surface area contributed by atoms with Crippen molar-refractivity contribution in [1.29, 1.82) is 0 Å². The Kier molecular flexibility index (Phi) is 3.60. The Hall–Kier alpha value is -1.84. The second kappa shape index (κ2) is 5.75. The predicted molar refractivity (Wildman–Crippen MR) is 91.6 cm³/mol. The van der Waals surface area contributed by atoms with Crippen molar-refractivity contribution in [3.8, 4) is 0 Å². The number of para-hydroxylation sites is 1. The zero-order valence-electron chi connectivity index (χ0n) is 13.3. The molecule has 22 heavy (non-hydrogen) atoms. The number of hydrogen-bond acceptors (Lipinski definition) is 4. The van der Waals surface area contributed by atoms with Crippen LogP contribution < -0.4 is 9.80 Å². The number of anilines is 2. The molecule has 0 radical (unpaired) electrons. The maximum Gasteiger partial charge on any atom is 0.227 e. The maximum atomic E-state index is 4.97. The van der Waals surface area contributed by atoms with E-state index >= 15 is 0 Å². The largest absolute Gasteiger partial charge is 0.356 e. The van der Waals surface area contributed by atoms with Gasteiger partial charge in [-0.2, -0.15) is 4.98 Å². The maximum absolute atomic E-state index is 4.97. The molecule has 2 fully saturated rings. The first-order valence-electron chi connectivity index (χ1n) is 8.58. The molecule has 0 bridgehead atoms. The van der Waals surface area contributed by atoms with Crippen molar-refractivity contribution in [2.24, 2.45) is 5.92 Å². The van der Waals surface area contributed by atoms with Crippen molar-refractivity contribution in [1.82, 2.24) is 9.97 Å². The van der Waals surface area contributed by atoms with Crippen molar-refractivity contribution in [2.45, 2.75) is 32.6 Å². The molecule has 0 amide bonds. The van der Waals surface area contributed by atoms with Gasteiger partial charge in [-0.1, -0.05) is 19.1 Å². The lowest BCUT2D eigenvalue weighted by Crippen LogP contribution is -2.34. The quantitative estimate of drug-likeness (QED) is 0.849. The fourth-order valence-electron chi connectivity index (χ4n) is 3.57. The fourth-order valence-corrected chi connectivity index (χ4v) is 3.57. The van der Waals surface area contributed by atoms with Crippen molar-refractivity contribution in [3.05, 3.63) is 24.3 Å². The molecule has 0 N–H and O–H groups in total. The first-order chi connectivity index (χ1) is 10.8. The van der Waals surface area contributed by atoms with Gasteiger partial charge in [0.25, 0.3) is 0 Å². The minimum absolute atomic E-state index is 0.828. The summed E-state index contributed by atoms with van der Waals surface area (Å²) in [6.45, 7) is 6.75. The monoisotopic (exact) mass is 296 g/mol. The van der Waals surface area contributed by atoms with Crippen LogP contribution in [0.15, 0.2) is 24.3 Å². The molecule has 2 aliphatic heterocycles. The Labute approximate surface area is 132 Å². The van der Waals surface area contributed by atoms with Crippen LogP contribution in [0.25, 0.3) is 10.9 Å². The van der Waals surface area contributed by atoms with E-state index in [0.717, 1.165) is 49.4 Å². The van der Waals surface area contributed by atoms with Crippen LogP contribution in [0.4, 0.5) is 11.8 Å². The van der Waals surface area contributed by atoms with E-state index in [1.807, 2.05) is 0 Å². The number of piperidine rings is 1. The van der Waals surface area contributed by atoms with Crippen LogP contribution >= 0.6 is 0 Å². The Balaban J connectivity index is 1.75. The van der Waals surface area contributed by atoms with Crippen LogP contribution in [0.5, 0.6) is 0 Å². The molecule has 4 rings (SSSR count). The normalized spacial score (nSPS) is 20.0. The summed E-state index contributed by atoms with van der Waals surface area (Å²) >= 11 is 0. The Morgan fingerprint density at radius 2 is 1.64 bits per heavy atom. The topological polar surface area (TPSA) is 32.3 Å². The van der Waals surface area contributed by atoms with E-state index in [2.05, 4.69) is 41.0 Å². The summed E-state index contributed by atoms with van der Waals surface area (Å²) in [5.74, 6) is 2.89. The molecule has 2 aliphatic rings. The Morgan fingerprint density at radius 3 is 2.41 bits per heavy atom. The lowest BCUT2D eigenvalue weighted by Gasteiger charge is -2.31. The number of rotatable bonds is 2. The number of benzene rings is 1. The summed E-state index contributed by atoms with van der Waals surface area (Å²) in [6.07, 6.45) is 5.04. The van der Waals surface area contributed by atoms with Gasteiger partial charge in [0, 0.05) is 31.6 Å². The van der Waals surface area contributed by atoms with Crippen LogP contribution in [0.3, 0.4) is 0 Å². The third-order valence-corrected chi connectivity index (χ3v) is 5.04. The fraction of sp³-hybridized carbons (Fsp3) is 0.556. The number of hydrogen-bond donors (Lipinski definition) is 0. The molecule has 116 valence electrons. The molecule has 3 heterocycles. The van der Waals surface area contributed by atoms with Gasteiger partial charge in [0.2, 0.25) is 5.95 Å². The van der Waals surface area contributed by atoms with Gasteiger partial charge in [-0.15, -0.1) is 0 Å². The average molecular weight is 296 g/mol. The lowest BCUT2D eigenvalue weighted by atomic mass is 10.00. The third kappa shape index (κ3) is 2.51. The van der Waals surface area contributed by atoms with E-state index < -0.39 is 0 Å².